The standard InChI is InChI=1S/C21H35N5O4/c1-4-22-21(25-12-11-17(15-25)14-24(5-2)6-3)23-13-19(27)16-30-20-9-7-18(8-10-20)26(28)29/h7-10,17,19,27H,4-6,11-16H2,1-3H3,(H,22,23). The Labute approximate surface area is 178 Å². The van der Waals surface area contributed by atoms with Gasteiger partial charge in [0.2, 0.25) is 0 Å². The summed E-state index contributed by atoms with van der Waals surface area (Å²) < 4.78 is 5.52. The van der Waals surface area contributed by atoms with Crippen LogP contribution in [0.2, 0.25) is 0 Å². The average Bonchev–Trinajstić information content (AvgIpc) is 3.22. The largest absolute Gasteiger partial charge is 0.491 e. The Morgan fingerprint density at radius 1 is 1.37 bits per heavy atom. The number of hydrogen-bond acceptors (Lipinski definition) is 6. The lowest BCUT2D eigenvalue weighted by atomic mass is 10.1. The maximum atomic E-state index is 10.7. The van der Waals surface area contributed by atoms with Crippen LogP contribution in [-0.2, 0) is 0 Å². The number of ether oxygens (including phenoxy) is 1. The first-order chi connectivity index (χ1) is 14.5. The monoisotopic (exact) mass is 421 g/mol. The van der Waals surface area contributed by atoms with Crippen molar-refractivity contribution in [3.05, 3.63) is 34.4 Å². The third-order valence-corrected chi connectivity index (χ3v) is 5.27. The quantitative estimate of drug-likeness (QED) is 0.244. The van der Waals surface area contributed by atoms with Crippen molar-refractivity contribution in [2.45, 2.75) is 33.3 Å². The summed E-state index contributed by atoms with van der Waals surface area (Å²) in [6, 6.07) is 5.81. The third kappa shape index (κ3) is 7.46. The van der Waals surface area contributed by atoms with E-state index in [0.29, 0.717) is 11.7 Å². The van der Waals surface area contributed by atoms with E-state index < -0.39 is 11.0 Å². The van der Waals surface area contributed by atoms with Crippen LogP contribution in [0.15, 0.2) is 29.3 Å². The molecule has 1 heterocycles. The van der Waals surface area contributed by atoms with Gasteiger partial charge in [-0.2, -0.15) is 0 Å². The van der Waals surface area contributed by atoms with Gasteiger partial charge >= 0.3 is 0 Å². The number of nitro benzene ring substituents is 1. The number of non-ortho nitro benzene ring substituents is 1. The normalized spacial score (nSPS) is 18.0. The van der Waals surface area contributed by atoms with Crippen molar-refractivity contribution < 1.29 is 14.8 Å². The minimum Gasteiger partial charge on any atom is -0.491 e. The number of nitrogens with one attached hydrogen (secondary N) is 1. The van der Waals surface area contributed by atoms with Gasteiger partial charge in [0, 0.05) is 38.3 Å². The summed E-state index contributed by atoms with van der Waals surface area (Å²) in [6.45, 7) is 12.7. The third-order valence-electron chi connectivity index (χ3n) is 5.27. The molecule has 2 atom stereocenters. The molecule has 0 aliphatic carbocycles. The van der Waals surface area contributed by atoms with E-state index in [1.807, 2.05) is 6.92 Å². The number of aliphatic hydroxyl groups excluding tert-OH is 1. The van der Waals surface area contributed by atoms with Crippen LogP contribution in [0.1, 0.15) is 27.2 Å². The number of hydrogen-bond donors (Lipinski definition) is 2. The van der Waals surface area contributed by atoms with Crippen molar-refractivity contribution in [3.63, 3.8) is 0 Å². The zero-order valence-electron chi connectivity index (χ0n) is 18.3. The summed E-state index contributed by atoms with van der Waals surface area (Å²) in [6.07, 6.45) is 0.384. The van der Waals surface area contributed by atoms with Crippen molar-refractivity contribution >= 4 is 11.6 Å². The van der Waals surface area contributed by atoms with Gasteiger partial charge in [-0.15, -0.1) is 0 Å². The van der Waals surface area contributed by atoms with E-state index in [1.54, 1.807) is 0 Å². The van der Waals surface area contributed by atoms with Gasteiger partial charge in [0.05, 0.1) is 11.5 Å². The van der Waals surface area contributed by atoms with Crippen LogP contribution in [0.3, 0.4) is 0 Å². The molecule has 1 aromatic carbocycles. The molecule has 1 aromatic rings. The molecule has 0 aromatic heterocycles. The zero-order chi connectivity index (χ0) is 21.9. The summed E-state index contributed by atoms with van der Waals surface area (Å²) >= 11 is 0. The van der Waals surface area contributed by atoms with Crippen LogP contribution >= 0.6 is 0 Å². The van der Waals surface area contributed by atoms with Crippen molar-refractivity contribution in [2.24, 2.45) is 10.9 Å². The Morgan fingerprint density at radius 3 is 2.67 bits per heavy atom. The van der Waals surface area contributed by atoms with Crippen LogP contribution in [0.4, 0.5) is 5.69 Å². The molecule has 168 valence electrons. The van der Waals surface area contributed by atoms with E-state index in [1.165, 1.54) is 24.3 Å². The number of guanidine groups is 1. The first-order valence-electron chi connectivity index (χ1n) is 10.8. The molecule has 1 saturated heterocycles. The molecule has 1 fully saturated rings. The van der Waals surface area contributed by atoms with Crippen molar-refractivity contribution in [1.82, 2.24) is 15.1 Å². The molecule has 9 heteroatoms. The highest BCUT2D eigenvalue weighted by atomic mass is 16.6. The fourth-order valence-electron chi connectivity index (χ4n) is 3.55. The van der Waals surface area contributed by atoms with E-state index in [-0.39, 0.29) is 18.8 Å². The first kappa shape index (κ1) is 23.9. The summed E-state index contributed by atoms with van der Waals surface area (Å²) in [5.41, 5.74) is 0.00712. The maximum absolute atomic E-state index is 10.7. The predicted molar refractivity (Wildman–Crippen MR) is 118 cm³/mol. The molecular formula is C21H35N5O4. The number of likely N-dealkylation sites (tertiary alicyclic amines) is 1. The Morgan fingerprint density at radius 2 is 2.07 bits per heavy atom. The van der Waals surface area contributed by atoms with Gasteiger partial charge < -0.3 is 25.0 Å². The molecule has 2 rings (SSSR count). The van der Waals surface area contributed by atoms with Crippen LogP contribution in [-0.4, -0.2) is 84.3 Å². The minimum atomic E-state index is -0.761. The summed E-state index contributed by atoms with van der Waals surface area (Å²) in [7, 11) is 0. The maximum Gasteiger partial charge on any atom is 0.269 e. The lowest BCUT2D eigenvalue weighted by molar-refractivity contribution is -0.384. The molecule has 1 aliphatic rings. The van der Waals surface area contributed by atoms with E-state index >= 15 is 0 Å². The SMILES string of the molecule is CCNC(=NCC(O)COc1ccc([N+](=O)[O-])cc1)N1CCC(CN(CC)CC)C1. The topological polar surface area (TPSA) is 103 Å². The summed E-state index contributed by atoms with van der Waals surface area (Å²) in [5.74, 6) is 1.94. The van der Waals surface area contributed by atoms with Gasteiger partial charge in [-0.3, -0.25) is 15.1 Å². The van der Waals surface area contributed by atoms with Crippen molar-refractivity contribution in [2.75, 3.05) is 52.4 Å². The highest BCUT2D eigenvalue weighted by molar-refractivity contribution is 5.80. The van der Waals surface area contributed by atoms with Crippen LogP contribution in [0, 0.1) is 16.0 Å². The van der Waals surface area contributed by atoms with Gasteiger partial charge in [-0.05, 0) is 44.5 Å². The van der Waals surface area contributed by atoms with E-state index in [9.17, 15) is 15.2 Å². The first-order valence-corrected chi connectivity index (χ1v) is 10.8. The van der Waals surface area contributed by atoms with Gasteiger partial charge in [-0.1, -0.05) is 13.8 Å². The van der Waals surface area contributed by atoms with Gasteiger partial charge in [0.15, 0.2) is 5.96 Å². The molecule has 0 saturated carbocycles. The molecular weight excluding hydrogens is 386 g/mol. The number of rotatable bonds is 11. The van der Waals surface area contributed by atoms with Crippen LogP contribution in [0.25, 0.3) is 0 Å². The number of aliphatic imine (C=N–C) groups is 1. The fourth-order valence-corrected chi connectivity index (χ4v) is 3.55. The van der Waals surface area contributed by atoms with E-state index in [2.05, 4.69) is 34.0 Å². The van der Waals surface area contributed by atoms with Gasteiger partial charge in [0.25, 0.3) is 5.69 Å². The molecule has 0 radical (unpaired) electrons. The van der Waals surface area contributed by atoms with E-state index in [4.69, 9.17) is 4.74 Å². The number of benzene rings is 1. The minimum absolute atomic E-state index is 0.00712. The molecule has 9 nitrogen and oxygen atoms in total. The second kappa shape index (κ2) is 12.3. The second-order valence-corrected chi connectivity index (χ2v) is 7.50. The number of aliphatic hydroxyl groups is 1. The van der Waals surface area contributed by atoms with Gasteiger partial charge in [-0.25, -0.2) is 0 Å². The lowest BCUT2D eigenvalue weighted by Crippen LogP contribution is -2.41. The molecule has 1 aliphatic heterocycles. The highest BCUT2D eigenvalue weighted by Crippen LogP contribution is 2.19. The fraction of sp³-hybridized carbons (Fsp3) is 0.667. The molecule has 0 spiro atoms. The molecule has 30 heavy (non-hydrogen) atoms. The lowest BCUT2D eigenvalue weighted by Gasteiger charge is -2.24. The molecule has 2 N–H and O–H groups in total. The van der Waals surface area contributed by atoms with Crippen LogP contribution in [0.5, 0.6) is 5.75 Å². The Balaban J connectivity index is 1.84. The van der Waals surface area contributed by atoms with Crippen LogP contribution < -0.4 is 10.1 Å². The second-order valence-electron chi connectivity index (χ2n) is 7.50. The number of nitrogens with zero attached hydrogens (tertiary/aromatic N) is 4. The Kier molecular flexibility index (Phi) is 9.82. The predicted octanol–water partition coefficient (Wildman–Crippen LogP) is 1.96. The summed E-state index contributed by atoms with van der Waals surface area (Å²) in [4.78, 5) is 19.6. The molecule has 0 bridgehead atoms. The van der Waals surface area contributed by atoms with Crippen molar-refractivity contribution in [3.8, 4) is 5.75 Å². The smallest absolute Gasteiger partial charge is 0.269 e. The van der Waals surface area contributed by atoms with Gasteiger partial charge in [0.1, 0.15) is 18.5 Å². The highest BCUT2D eigenvalue weighted by Gasteiger charge is 2.26. The average molecular weight is 422 g/mol. The summed E-state index contributed by atoms with van der Waals surface area (Å²) in [5, 5.41) is 24.3. The van der Waals surface area contributed by atoms with Crippen molar-refractivity contribution in [1.29, 1.82) is 0 Å². The Bertz CT molecular complexity index is 678. The molecule has 2 unspecified atom stereocenters. The van der Waals surface area contributed by atoms with E-state index in [0.717, 1.165) is 51.6 Å². The Hall–Kier alpha value is -2.39. The molecule has 0 amide bonds. The zero-order valence-corrected chi connectivity index (χ0v) is 18.3. The number of nitro groups is 1.